The second-order valence-electron chi connectivity index (χ2n) is 4.24. The zero-order valence-corrected chi connectivity index (χ0v) is 13.0. The third-order valence-corrected chi connectivity index (χ3v) is 3.50. The third-order valence-electron chi connectivity index (χ3n) is 2.75. The van der Waals surface area contributed by atoms with Crippen LogP contribution in [0.15, 0.2) is 59.1 Å². The Hall–Kier alpha value is -1.39. The molecule has 0 aliphatic rings. The fraction of sp³-hybridized carbons (Fsp3) is 0.133. The van der Waals surface area contributed by atoms with E-state index in [1.54, 1.807) is 0 Å². The van der Waals surface area contributed by atoms with Crippen molar-refractivity contribution in [1.82, 2.24) is 5.32 Å². The molecule has 0 saturated carbocycles. The van der Waals surface area contributed by atoms with Gasteiger partial charge in [-0.2, -0.15) is 0 Å². The molecular weight excluding hydrogens is 320 g/mol. The zero-order chi connectivity index (χ0) is 13.7. The number of anilines is 1. The third kappa shape index (κ3) is 4.33. The van der Waals surface area contributed by atoms with Gasteiger partial charge in [0.15, 0.2) is 5.11 Å². The van der Waals surface area contributed by atoms with E-state index in [2.05, 4.69) is 45.6 Å². The van der Waals surface area contributed by atoms with Crippen molar-refractivity contribution < 1.29 is 0 Å². The summed E-state index contributed by atoms with van der Waals surface area (Å²) in [5.41, 5.74) is 2.18. The minimum Gasteiger partial charge on any atom is -0.356 e. The lowest BCUT2D eigenvalue weighted by Gasteiger charge is -2.17. The van der Waals surface area contributed by atoms with Crippen LogP contribution in [0.25, 0.3) is 0 Å². The predicted molar refractivity (Wildman–Crippen MR) is 88.4 cm³/mol. The molecule has 0 aromatic heterocycles. The number of nitrogens with one attached hydrogen (secondary N) is 2. The maximum atomic E-state index is 5.31. The van der Waals surface area contributed by atoms with Crippen molar-refractivity contribution in [2.24, 2.45) is 0 Å². The van der Waals surface area contributed by atoms with Crippen LogP contribution in [0.3, 0.4) is 0 Å². The van der Waals surface area contributed by atoms with Crippen molar-refractivity contribution in [1.29, 1.82) is 0 Å². The van der Waals surface area contributed by atoms with Gasteiger partial charge in [-0.25, -0.2) is 0 Å². The number of hydrogen-bond donors (Lipinski definition) is 2. The Labute approximate surface area is 127 Å². The van der Waals surface area contributed by atoms with Crippen LogP contribution in [0.4, 0.5) is 5.69 Å². The second kappa shape index (κ2) is 6.68. The van der Waals surface area contributed by atoms with Gasteiger partial charge in [-0.05, 0) is 49.0 Å². The van der Waals surface area contributed by atoms with Crippen LogP contribution in [0.2, 0.25) is 0 Å². The molecule has 0 heterocycles. The SMILES string of the molecule is C[C@H](NC(=S)Nc1ccccc1)c1ccc(Br)cc1. The number of rotatable bonds is 3. The van der Waals surface area contributed by atoms with Gasteiger partial charge in [0.1, 0.15) is 0 Å². The van der Waals surface area contributed by atoms with Crippen LogP contribution >= 0.6 is 28.1 Å². The number of halogens is 1. The molecule has 0 fully saturated rings. The van der Waals surface area contributed by atoms with E-state index in [0.29, 0.717) is 5.11 Å². The molecule has 0 radical (unpaired) electrons. The summed E-state index contributed by atoms with van der Waals surface area (Å²) >= 11 is 8.74. The van der Waals surface area contributed by atoms with Crippen molar-refractivity contribution >= 4 is 38.9 Å². The average Bonchev–Trinajstić information content (AvgIpc) is 2.40. The number of benzene rings is 2. The number of thiocarbonyl (C=S) groups is 1. The van der Waals surface area contributed by atoms with Crippen LogP contribution in [0.1, 0.15) is 18.5 Å². The van der Waals surface area contributed by atoms with E-state index in [1.165, 1.54) is 5.56 Å². The highest BCUT2D eigenvalue weighted by molar-refractivity contribution is 9.10. The Morgan fingerprint density at radius 2 is 1.68 bits per heavy atom. The van der Waals surface area contributed by atoms with Gasteiger partial charge in [-0.15, -0.1) is 0 Å². The summed E-state index contributed by atoms with van der Waals surface area (Å²) in [5.74, 6) is 0. The molecule has 0 aliphatic heterocycles. The fourth-order valence-corrected chi connectivity index (χ4v) is 2.28. The minimum atomic E-state index is 0.164. The minimum absolute atomic E-state index is 0.164. The summed E-state index contributed by atoms with van der Waals surface area (Å²) in [7, 11) is 0. The maximum Gasteiger partial charge on any atom is 0.171 e. The van der Waals surface area contributed by atoms with E-state index in [1.807, 2.05) is 42.5 Å². The molecular formula is C15H15BrN2S. The molecule has 2 N–H and O–H groups in total. The predicted octanol–water partition coefficient (Wildman–Crippen LogP) is 4.50. The molecule has 0 aliphatic carbocycles. The van der Waals surface area contributed by atoms with E-state index in [9.17, 15) is 0 Å². The first-order valence-corrected chi connectivity index (χ1v) is 7.23. The smallest absolute Gasteiger partial charge is 0.171 e. The van der Waals surface area contributed by atoms with E-state index in [0.717, 1.165) is 10.2 Å². The van der Waals surface area contributed by atoms with Gasteiger partial charge in [0.2, 0.25) is 0 Å². The molecule has 2 aromatic rings. The van der Waals surface area contributed by atoms with Gasteiger partial charge in [-0.3, -0.25) is 0 Å². The Morgan fingerprint density at radius 1 is 1.05 bits per heavy atom. The van der Waals surface area contributed by atoms with Crippen LogP contribution in [0, 0.1) is 0 Å². The normalized spacial score (nSPS) is 11.7. The summed E-state index contributed by atoms with van der Waals surface area (Å²) in [6, 6.07) is 18.3. The van der Waals surface area contributed by atoms with Gasteiger partial charge in [-0.1, -0.05) is 46.3 Å². The van der Waals surface area contributed by atoms with Crippen molar-refractivity contribution in [3.05, 3.63) is 64.6 Å². The average molecular weight is 335 g/mol. The summed E-state index contributed by atoms with van der Waals surface area (Å²) in [4.78, 5) is 0. The molecule has 4 heteroatoms. The molecule has 0 unspecified atom stereocenters. The Kier molecular flexibility index (Phi) is 4.93. The molecule has 0 bridgehead atoms. The standard InChI is InChI=1S/C15H15BrN2S/c1-11(12-7-9-13(16)10-8-12)17-15(19)18-14-5-3-2-4-6-14/h2-11H,1H3,(H2,17,18,19)/t11-/m0/s1. The molecule has 1 atom stereocenters. The highest BCUT2D eigenvalue weighted by atomic mass is 79.9. The highest BCUT2D eigenvalue weighted by Gasteiger charge is 2.06. The summed E-state index contributed by atoms with van der Waals surface area (Å²) in [5, 5.41) is 7.06. The van der Waals surface area contributed by atoms with Gasteiger partial charge in [0.05, 0.1) is 6.04 Å². The molecule has 19 heavy (non-hydrogen) atoms. The summed E-state index contributed by atoms with van der Waals surface area (Å²) < 4.78 is 1.08. The lowest BCUT2D eigenvalue weighted by molar-refractivity contribution is 0.722. The molecule has 98 valence electrons. The first-order valence-electron chi connectivity index (χ1n) is 6.03. The largest absolute Gasteiger partial charge is 0.356 e. The quantitative estimate of drug-likeness (QED) is 0.808. The summed E-state index contributed by atoms with van der Waals surface area (Å²) in [6.45, 7) is 2.09. The molecule has 0 amide bonds. The molecule has 2 nitrogen and oxygen atoms in total. The van der Waals surface area contributed by atoms with Crippen molar-refractivity contribution in [3.8, 4) is 0 Å². The lowest BCUT2D eigenvalue weighted by atomic mass is 10.1. The first kappa shape index (κ1) is 14.0. The summed E-state index contributed by atoms with van der Waals surface area (Å²) in [6.07, 6.45) is 0. The molecule has 2 rings (SSSR count). The fourth-order valence-electron chi connectivity index (χ4n) is 1.72. The van der Waals surface area contributed by atoms with Gasteiger partial charge >= 0.3 is 0 Å². The lowest BCUT2D eigenvalue weighted by Crippen LogP contribution is -2.30. The van der Waals surface area contributed by atoms with E-state index in [-0.39, 0.29) is 6.04 Å². The maximum absolute atomic E-state index is 5.31. The second-order valence-corrected chi connectivity index (χ2v) is 5.56. The van der Waals surface area contributed by atoms with Crippen LogP contribution < -0.4 is 10.6 Å². The van der Waals surface area contributed by atoms with E-state index < -0.39 is 0 Å². The zero-order valence-electron chi connectivity index (χ0n) is 10.6. The topological polar surface area (TPSA) is 24.1 Å². The Bertz CT molecular complexity index is 540. The van der Waals surface area contributed by atoms with Crippen molar-refractivity contribution in [3.63, 3.8) is 0 Å². The van der Waals surface area contributed by atoms with Crippen LogP contribution in [-0.4, -0.2) is 5.11 Å². The van der Waals surface area contributed by atoms with E-state index >= 15 is 0 Å². The van der Waals surface area contributed by atoms with Crippen LogP contribution in [0.5, 0.6) is 0 Å². The molecule has 2 aromatic carbocycles. The van der Waals surface area contributed by atoms with Crippen LogP contribution in [-0.2, 0) is 0 Å². The van der Waals surface area contributed by atoms with Gasteiger partial charge in [0.25, 0.3) is 0 Å². The Morgan fingerprint density at radius 3 is 2.32 bits per heavy atom. The highest BCUT2D eigenvalue weighted by Crippen LogP contribution is 2.16. The molecule has 0 saturated heterocycles. The van der Waals surface area contributed by atoms with Crippen molar-refractivity contribution in [2.45, 2.75) is 13.0 Å². The monoisotopic (exact) mass is 334 g/mol. The van der Waals surface area contributed by atoms with E-state index in [4.69, 9.17) is 12.2 Å². The Balaban J connectivity index is 1.93. The molecule has 0 spiro atoms. The van der Waals surface area contributed by atoms with Gasteiger partial charge < -0.3 is 10.6 Å². The van der Waals surface area contributed by atoms with Gasteiger partial charge in [0, 0.05) is 10.2 Å². The number of hydrogen-bond acceptors (Lipinski definition) is 1. The number of para-hydroxylation sites is 1. The van der Waals surface area contributed by atoms with Crippen molar-refractivity contribution in [2.75, 3.05) is 5.32 Å². The first-order chi connectivity index (χ1) is 9.15.